The molecule has 19 heavy (non-hydrogen) atoms. The SMILES string of the molecule is COCOC(CC(=O)OC(C)(C)C)c1cocc1C. The van der Waals surface area contributed by atoms with Crippen molar-refractivity contribution in [2.75, 3.05) is 13.9 Å². The predicted octanol–water partition coefficient (Wildman–Crippen LogP) is 2.98. The zero-order valence-electron chi connectivity index (χ0n) is 12.2. The Morgan fingerprint density at radius 2 is 2.05 bits per heavy atom. The van der Waals surface area contributed by atoms with Crippen molar-refractivity contribution in [2.24, 2.45) is 0 Å². The molecule has 1 unspecified atom stereocenters. The van der Waals surface area contributed by atoms with Crippen molar-refractivity contribution in [1.82, 2.24) is 0 Å². The maximum atomic E-state index is 11.9. The lowest BCUT2D eigenvalue weighted by molar-refractivity contribution is -0.160. The van der Waals surface area contributed by atoms with Gasteiger partial charge in [-0.1, -0.05) is 0 Å². The van der Waals surface area contributed by atoms with E-state index in [9.17, 15) is 4.79 Å². The molecule has 0 spiro atoms. The van der Waals surface area contributed by atoms with Crippen LogP contribution >= 0.6 is 0 Å². The van der Waals surface area contributed by atoms with Crippen molar-refractivity contribution in [3.63, 3.8) is 0 Å². The molecule has 0 aliphatic rings. The Balaban J connectivity index is 2.70. The standard InChI is InChI=1S/C14H22O5/c1-10-7-17-8-11(10)12(18-9-16-5)6-13(15)19-14(2,3)4/h7-8,12H,6,9H2,1-5H3. The second-order valence-corrected chi connectivity index (χ2v) is 5.36. The Morgan fingerprint density at radius 3 is 2.53 bits per heavy atom. The fourth-order valence-electron chi connectivity index (χ4n) is 1.64. The maximum absolute atomic E-state index is 11.9. The second kappa shape index (κ2) is 6.73. The first-order chi connectivity index (χ1) is 8.83. The van der Waals surface area contributed by atoms with Crippen LogP contribution in [0, 0.1) is 6.92 Å². The van der Waals surface area contributed by atoms with E-state index in [-0.39, 0.29) is 19.2 Å². The number of methoxy groups -OCH3 is 1. The van der Waals surface area contributed by atoms with E-state index in [0.29, 0.717) is 0 Å². The Kier molecular flexibility index (Phi) is 5.57. The minimum Gasteiger partial charge on any atom is -0.472 e. The summed E-state index contributed by atoms with van der Waals surface area (Å²) in [6.45, 7) is 7.51. The largest absolute Gasteiger partial charge is 0.472 e. The minimum absolute atomic E-state index is 0.109. The first kappa shape index (κ1) is 15.7. The molecule has 0 saturated carbocycles. The maximum Gasteiger partial charge on any atom is 0.309 e. The van der Waals surface area contributed by atoms with Crippen LogP contribution in [-0.2, 0) is 19.0 Å². The highest BCUT2D eigenvalue weighted by Gasteiger charge is 2.24. The van der Waals surface area contributed by atoms with Crippen LogP contribution in [0.4, 0.5) is 0 Å². The molecular formula is C14H22O5. The van der Waals surface area contributed by atoms with Crippen LogP contribution < -0.4 is 0 Å². The third-order valence-electron chi connectivity index (χ3n) is 2.40. The number of ether oxygens (including phenoxy) is 3. The molecule has 5 heteroatoms. The highest BCUT2D eigenvalue weighted by Crippen LogP contribution is 2.26. The molecule has 0 radical (unpaired) electrons. The molecular weight excluding hydrogens is 248 g/mol. The number of carbonyl (C=O) groups excluding carboxylic acids is 1. The summed E-state index contributed by atoms with van der Waals surface area (Å²) in [5.41, 5.74) is 1.27. The number of carbonyl (C=O) groups is 1. The van der Waals surface area contributed by atoms with Gasteiger partial charge in [0.05, 0.1) is 25.1 Å². The first-order valence-electron chi connectivity index (χ1n) is 6.18. The van der Waals surface area contributed by atoms with E-state index in [1.165, 1.54) is 7.11 Å². The summed E-state index contributed by atoms with van der Waals surface area (Å²) >= 11 is 0. The summed E-state index contributed by atoms with van der Waals surface area (Å²) in [4.78, 5) is 11.9. The number of hydrogen-bond acceptors (Lipinski definition) is 5. The van der Waals surface area contributed by atoms with Crippen molar-refractivity contribution in [1.29, 1.82) is 0 Å². The van der Waals surface area contributed by atoms with E-state index in [0.717, 1.165) is 11.1 Å². The van der Waals surface area contributed by atoms with Crippen LogP contribution in [0.1, 0.15) is 44.4 Å². The predicted molar refractivity (Wildman–Crippen MR) is 69.6 cm³/mol. The molecule has 0 saturated heterocycles. The van der Waals surface area contributed by atoms with Gasteiger partial charge < -0.3 is 18.6 Å². The second-order valence-electron chi connectivity index (χ2n) is 5.36. The Morgan fingerprint density at radius 1 is 1.37 bits per heavy atom. The lowest BCUT2D eigenvalue weighted by Gasteiger charge is -2.22. The lowest BCUT2D eigenvalue weighted by Crippen LogP contribution is -2.25. The Bertz CT molecular complexity index is 402. The molecule has 0 aliphatic heterocycles. The number of rotatable bonds is 6. The van der Waals surface area contributed by atoms with E-state index in [1.54, 1.807) is 12.5 Å². The smallest absolute Gasteiger partial charge is 0.309 e. The van der Waals surface area contributed by atoms with Crippen molar-refractivity contribution in [3.05, 3.63) is 23.7 Å². The number of aryl methyl sites for hydroxylation is 1. The molecule has 0 fully saturated rings. The third kappa shape index (κ3) is 5.44. The van der Waals surface area contributed by atoms with Gasteiger partial charge in [-0.2, -0.15) is 0 Å². The molecule has 0 aliphatic carbocycles. The van der Waals surface area contributed by atoms with Crippen LogP contribution in [0.2, 0.25) is 0 Å². The van der Waals surface area contributed by atoms with Crippen molar-refractivity contribution in [3.8, 4) is 0 Å². The van der Waals surface area contributed by atoms with Crippen molar-refractivity contribution >= 4 is 5.97 Å². The Hall–Kier alpha value is -1.33. The topological polar surface area (TPSA) is 57.9 Å². The fraction of sp³-hybridized carbons (Fsp3) is 0.643. The summed E-state index contributed by atoms with van der Waals surface area (Å²) in [6, 6.07) is 0. The van der Waals surface area contributed by atoms with Crippen LogP contribution in [0.3, 0.4) is 0 Å². The third-order valence-corrected chi connectivity index (χ3v) is 2.40. The average Bonchev–Trinajstić information content (AvgIpc) is 2.68. The molecule has 0 N–H and O–H groups in total. The van der Waals surface area contributed by atoms with Crippen LogP contribution in [0.5, 0.6) is 0 Å². The van der Waals surface area contributed by atoms with Gasteiger partial charge in [-0.05, 0) is 33.3 Å². The van der Waals surface area contributed by atoms with Crippen molar-refractivity contribution in [2.45, 2.75) is 45.8 Å². The zero-order valence-corrected chi connectivity index (χ0v) is 12.2. The van der Waals surface area contributed by atoms with Gasteiger partial charge in [0.2, 0.25) is 0 Å². The van der Waals surface area contributed by atoms with E-state index in [1.807, 2.05) is 27.7 Å². The summed E-state index contributed by atoms with van der Waals surface area (Å²) in [6.07, 6.45) is 2.91. The number of furan rings is 1. The van der Waals surface area contributed by atoms with E-state index in [2.05, 4.69) is 0 Å². The van der Waals surface area contributed by atoms with Gasteiger partial charge >= 0.3 is 5.97 Å². The highest BCUT2D eigenvalue weighted by molar-refractivity contribution is 5.70. The van der Waals surface area contributed by atoms with Crippen molar-refractivity contribution < 1.29 is 23.4 Å². The summed E-state index contributed by atoms with van der Waals surface area (Å²) in [7, 11) is 1.53. The molecule has 1 heterocycles. The first-order valence-corrected chi connectivity index (χ1v) is 6.18. The molecule has 1 rings (SSSR count). The molecule has 5 nitrogen and oxygen atoms in total. The van der Waals surface area contributed by atoms with E-state index in [4.69, 9.17) is 18.6 Å². The molecule has 0 amide bonds. The number of esters is 1. The molecule has 0 aromatic carbocycles. The number of hydrogen-bond donors (Lipinski definition) is 0. The van der Waals surface area contributed by atoms with E-state index >= 15 is 0 Å². The van der Waals surface area contributed by atoms with Crippen LogP contribution in [-0.4, -0.2) is 25.5 Å². The van der Waals surface area contributed by atoms with Gasteiger partial charge in [0.1, 0.15) is 12.4 Å². The lowest BCUT2D eigenvalue weighted by atomic mass is 10.1. The monoisotopic (exact) mass is 270 g/mol. The molecule has 0 bridgehead atoms. The van der Waals surface area contributed by atoms with Gasteiger partial charge in [0.25, 0.3) is 0 Å². The summed E-state index contributed by atoms with van der Waals surface area (Å²) < 4.78 is 20.8. The van der Waals surface area contributed by atoms with Gasteiger partial charge in [-0.3, -0.25) is 4.79 Å². The molecule has 1 aromatic rings. The van der Waals surface area contributed by atoms with Crippen LogP contribution in [0.25, 0.3) is 0 Å². The normalized spacial score (nSPS) is 13.3. The molecule has 1 atom stereocenters. The van der Waals surface area contributed by atoms with Gasteiger partial charge in [-0.25, -0.2) is 0 Å². The zero-order chi connectivity index (χ0) is 14.5. The van der Waals surface area contributed by atoms with Gasteiger partial charge in [0.15, 0.2) is 0 Å². The Labute approximate surface area is 113 Å². The highest BCUT2D eigenvalue weighted by atomic mass is 16.7. The molecule has 1 aromatic heterocycles. The summed E-state index contributed by atoms with van der Waals surface area (Å²) in [5, 5.41) is 0. The fourth-order valence-corrected chi connectivity index (χ4v) is 1.64. The average molecular weight is 270 g/mol. The quantitative estimate of drug-likeness (QED) is 0.587. The van der Waals surface area contributed by atoms with Crippen LogP contribution in [0.15, 0.2) is 16.9 Å². The molecule has 108 valence electrons. The summed E-state index contributed by atoms with van der Waals surface area (Å²) in [5.74, 6) is -0.311. The van der Waals surface area contributed by atoms with Gasteiger partial charge in [0, 0.05) is 12.7 Å². The minimum atomic E-state index is -0.506. The van der Waals surface area contributed by atoms with E-state index < -0.39 is 11.7 Å². The van der Waals surface area contributed by atoms with Gasteiger partial charge in [-0.15, -0.1) is 0 Å².